The summed E-state index contributed by atoms with van der Waals surface area (Å²) in [5, 5.41) is 10.2. The molecule has 4 aromatic carbocycles. The minimum atomic E-state index is -1.56. The van der Waals surface area contributed by atoms with Crippen LogP contribution in [0.1, 0.15) is 61.8 Å². The van der Waals surface area contributed by atoms with Crippen LogP contribution in [-0.4, -0.2) is 72.8 Å². The van der Waals surface area contributed by atoms with E-state index in [2.05, 4.69) is 21.3 Å². The van der Waals surface area contributed by atoms with Gasteiger partial charge in [-0.25, -0.2) is 9.59 Å². The summed E-state index contributed by atoms with van der Waals surface area (Å²) >= 11 is 0. The van der Waals surface area contributed by atoms with E-state index in [1.54, 1.807) is 75.4 Å². The van der Waals surface area contributed by atoms with Gasteiger partial charge in [-0.05, 0) is 60.6 Å². The summed E-state index contributed by atoms with van der Waals surface area (Å²) in [6, 6.07) is 29.4. The topological polar surface area (TPSA) is 204 Å². The van der Waals surface area contributed by atoms with Crippen LogP contribution in [0.3, 0.4) is 0 Å². The van der Waals surface area contributed by atoms with Gasteiger partial charge in [0.15, 0.2) is 0 Å². The number of esters is 1. The third-order valence-electron chi connectivity index (χ3n) is 9.23. The third kappa shape index (κ3) is 12.4. The quantitative estimate of drug-likeness (QED) is 0.0746. The van der Waals surface area contributed by atoms with Gasteiger partial charge in [-0.3, -0.25) is 19.2 Å². The van der Waals surface area contributed by atoms with Crippen LogP contribution < -0.4 is 27.0 Å². The predicted octanol–water partition coefficient (Wildman–Crippen LogP) is 4.64. The normalized spacial score (nSPS) is 13.4. The Hall–Kier alpha value is -6.70. The number of fused-ring (bicyclic) bond motifs is 3. The summed E-state index contributed by atoms with van der Waals surface area (Å²) in [6.07, 6.45) is -2.43. The fourth-order valence-corrected chi connectivity index (χ4v) is 6.52. The summed E-state index contributed by atoms with van der Waals surface area (Å²) in [5.41, 5.74) is 10.4. The van der Waals surface area contributed by atoms with Crippen LogP contribution >= 0.6 is 0 Å². The largest absolute Gasteiger partial charge is 0.460 e. The second-order valence-corrected chi connectivity index (χ2v) is 14.8. The molecule has 1 aliphatic carbocycles. The number of hydrogen-bond acceptors (Lipinski definition) is 9. The monoisotopic (exact) mass is 791 g/mol. The van der Waals surface area contributed by atoms with Gasteiger partial charge in [-0.1, -0.05) is 109 Å². The molecule has 3 atom stereocenters. The smallest absolute Gasteiger partial charge is 0.408 e. The summed E-state index contributed by atoms with van der Waals surface area (Å²) in [6.45, 7) is 4.76. The molecule has 0 saturated carbocycles. The molecule has 304 valence electrons. The number of nitrogens with two attached hydrogens (primary N) is 1. The SMILES string of the molecule is CC(C)(C)OC(=O)C[C@H](NC(=O)[C@H](CCNC(=O)OCC1c2ccccc2-c2ccccc21)NC(=O)OCc1ccccc1)C(=O)N[C@@H](Cc1ccccc1)C(N)=O. The van der Waals surface area contributed by atoms with E-state index in [0.29, 0.717) is 11.1 Å². The molecule has 58 heavy (non-hydrogen) atoms. The molecule has 0 spiro atoms. The first-order valence-corrected chi connectivity index (χ1v) is 19.0. The van der Waals surface area contributed by atoms with Gasteiger partial charge in [0.05, 0.1) is 6.42 Å². The van der Waals surface area contributed by atoms with Crippen LogP contribution in [0.25, 0.3) is 11.1 Å². The Labute approximate surface area is 337 Å². The van der Waals surface area contributed by atoms with Crippen LogP contribution in [0.5, 0.6) is 0 Å². The fourth-order valence-electron chi connectivity index (χ4n) is 6.52. The molecule has 14 heteroatoms. The lowest BCUT2D eigenvalue weighted by molar-refractivity contribution is -0.156. The van der Waals surface area contributed by atoms with Gasteiger partial charge < -0.3 is 41.2 Å². The molecular weight excluding hydrogens is 743 g/mol. The molecule has 0 radical (unpaired) electrons. The van der Waals surface area contributed by atoms with E-state index >= 15 is 0 Å². The zero-order chi connectivity index (χ0) is 41.7. The first-order chi connectivity index (χ1) is 27.8. The second-order valence-electron chi connectivity index (χ2n) is 14.8. The van der Waals surface area contributed by atoms with Crippen molar-refractivity contribution in [3.8, 4) is 11.1 Å². The highest BCUT2D eigenvalue weighted by atomic mass is 16.6. The highest BCUT2D eigenvalue weighted by molar-refractivity contribution is 5.95. The van der Waals surface area contributed by atoms with E-state index in [1.165, 1.54) is 0 Å². The molecular formula is C44H49N5O9. The summed E-state index contributed by atoms with van der Waals surface area (Å²) < 4.78 is 16.4. The Balaban J connectivity index is 1.27. The van der Waals surface area contributed by atoms with E-state index < -0.39 is 66.0 Å². The maximum Gasteiger partial charge on any atom is 0.408 e. The number of carbonyl (C=O) groups excluding carboxylic acids is 6. The van der Waals surface area contributed by atoms with Crippen LogP contribution in [0, 0.1) is 0 Å². The molecule has 0 fully saturated rings. The van der Waals surface area contributed by atoms with Crippen molar-refractivity contribution in [2.45, 2.75) is 76.3 Å². The Morgan fingerprint density at radius 1 is 0.638 bits per heavy atom. The van der Waals surface area contributed by atoms with Crippen molar-refractivity contribution in [3.05, 3.63) is 131 Å². The average Bonchev–Trinajstić information content (AvgIpc) is 3.51. The first-order valence-electron chi connectivity index (χ1n) is 19.0. The number of benzene rings is 4. The molecule has 14 nitrogen and oxygen atoms in total. The minimum absolute atomic E-state index is 0.0496. The minimum Gasteiger partial charge on any atom is -0.460 e. The average molecular weight is 792 g/mol. The van der Waals surface area contributed by atoms with Gasteiger partial charge in [-0.15, -0.1) is 0 Å². The number of nitrogens with one attached hydrogen (secondary N) is 4. The van der Waals surface area contributed by atoms with Gasteiger partial charge in [0, 0.05) is 18.9 Å². The van der Waals surface area contributed by atoms with Crippen LogP contribution in [-0.2, 0) is 46.4 Å². The highest BCUT2D eigenvalue weighted by Gasteiger charge is 2.33. The van der Waals surface area contributed by atoms with Crippen LogP contribution in [0.2, 0.25) is 0 Å². The number of ether oxygens (including phenoxy) is 3. The van der Waals surface area contributed by atoms with E-state index in [1.807, 2.05) is 54.6 Å². The molecule has 6 N–H and O–H groups in total. The van der Waals surface area contributed by atoms with Crippen molar-refractivity contribution in [1.82, 2.24) is 21.3 Å². The lowest BCUT2D eigenvalue weighted by atomic mass is 9.98. The number of amides is 5. The van der Waals surface area contributed by atoms with Gasteiger partial charge in [0.1, 0.15) is 36.9 Å². The Morgan fingerprint density at radius 3 is 1.76 bits per heavy atom. The van der Waals surface area contributed by atoms with Crippen LogP contribution in [0.15, 0.2) is 109 Å². The standard InChI is InChI=1S/C44H49N5O9/c1-44(2,3)58-38(50)25-37(41(53)47-36(39(45)51)24-28-14-6-4-7-15-28)48-40(52)35(49-43(55)56-26-29-16-8-5-9-17-29)22-23-46-42(54)57-27-34-32-20-12-10-18-30(32)31-19-11-13-21-33(31)34/h4-21,34-37H,22-27H2,1-3H3,(H2,45,51)(H,46,54)(H,47,53)(H,48,52)(H,49,55)/t35-,36-,37-/m0/s1. The lowest BCUT2D eigenvalue weighted by Crippen LogP contribution is -2.57. The van der Waals surface area contributed by atoms with Crippen molar-refractivity contribution >= 4 is 35.9 Å². The summed E-state index contributed by atoms with van der Waals surface area (Å²) in [4.78, 5) is 79.0. The molecule has 0 unspecified atom stereocenters. The van der Waals surface area contributed by atoms with E-state index in [-0.39, 0.29) is 38.5 Å². The fraction of sp³-hybridized carbons (Fsp3) is 0.318. The number of carbonyl (C=O) groups is 6. The summed E-state index contributed by atoms with van der Waals surface area (Å²) in [5.74, 6) is -3.59. The van der Waals surface area contributed by atoms with Crippen LogP contribution in [0.4, 0.5) is 9.59 Å². The maximum atomic E-state index is 13.9. The van der Waals surface area contributed by atoms with Gasteiger partial charge in [-0.2, -0.15) is 0 Å². The molecule has 5 amide bonds. The molecule has 1 aliphatic rings. The van der Waals surface area contributed by atoms with Crippen molar-refractivity contribution in [1.29, 1.82) is 0 Å². The van der Waals surface area contributed by atoms with Gasteiger partial charge in [0.2, 0.25) is 17.7 Å². The third-order valence-corrected chi connectivity index (χ3v) is 9.23. The molecule has 0 aromatic heterocycles. The van der Waals surface area contributed by atoms with Crippen molar-refractivity contribution in [3.63, 3.8) is 0 Å². The highest BCUT2D eigenvalue weighted by Crippen LogP contribution is 2.44. The van der Waals surface area contributed by atoms with E-state index in [0.717, 1.165) is 22.3 Å². The number of hydrogen-bond donors (Lipinski definition) is 5. The Morgan fingerprint density at radius 2 is 1.17 bits per heavy atom. The Bertz CT molecular complexity index is 2020. The number of primary amides is 1. The summed E-state index contributed by atoms with van der Waals surface area (Å²) in [7, 11) is 0. The second kappa shape index (κ2) is 19.9. The van der Waals surface area contributed by atoms with Gasteiger partial charge >= 0.3 is 18.2 Å². The molecule has 0 aliphatic heterocycles. The first kappa shape index (κ1) is 42.4. The lowest BCUT2D eigenvalue weighted by Gasteiger charge is -2.26. The molecule has 0 saturated heterocycles. The molecule has 0 bridgehead atoms. The maximum absolute atomic E-state index is 13.9. The van der Waals surface area contributed by atoms with E-state index in [9.17, 15) is 28.8 Å². The zero-order valence-electron chi connectivity index (χ0n) is 32.7. The molecule has 5 rings (SSSR count). The molecule has 4 aromatic rings. The van der Waals surface area contributed by atoms with Crippen molar-refractivity contribution < 1.29 is 43.0 Å². The van der Waals surface area contributed by atoms with Crippen molar-refractivity contribution in [2.75, 3.05) is 13.2 Å². The Kier molecular flexibility index (Phi) is 14.6. The van der Waals surface area contributed by atoms with Gasteiger partial charge in [0.25, 0.3) is 0 Å². The molecule has 0 heterocycles. The predicted molar refractivity (Wildman–Crippen MR) is 215 cm³/mol. The van der Waals surface area contributed by atoms with Crippen molar-refractivity contribution in [2.24, 2.45) is 5.73 Å². The number of rotatable bonds is 17. The zero-order valence-corrected chi connectivity index (χ0v) is 32.7. The van der Waals surface area contributed by atoms with E-state index in [4.69, 9.17) is 19.9 Å². The number of alkyl carbamates (subject to hydrolysis) is 2.